The van der Waals surface area contributed by atoms with Gasteiger partial charge in [-0.2, -0.15) is 0 Å². The fraction of sp³-hybridized carbons (Fsp3) is 0.467. The maximum absolute atomic E-state index is 11.0. The summed E-state index contributed by atoms with van der Waals surface area (Å²) in [6.07, 6.45) is 5.02. The van der Waals surface area contributed by atoms with Crippen molar-refractivity contribution in [2.75, 3.05) is 51.5 Å². The number of rotatable bonds is 13. The first-order valence-electron chi connectivity index (χ1n) is 7.39. The molecule has 0 saturated carbocycles. The van der Waals surface area contributed by atoms with Crippen LogP contribution in [-0.4, -0.2) is 56.0 Å². The number of non-ortho nitro benzene ring substituents is 1. The molecule has 0 radical (unpaired) electrons. The molecule has 0 saturated heterocycles. The van der Waals surface area contributed by atoms with Crippen LogP contribution in [-0.2, 0) is 14.2 Å². The average Bonchev–Trinajstić information content (AvgIpc) is 2.59. The number of benzene rings is 1. The quantitative estimate of drug-likeness (QED) is 0.245. The Hall–Kier alpha value is -2.74. The molecular formula is C15H19N3O7. The molecule has 1 N–H and O–H groups in total. The van der Waals surface area contributed by atoms with Gasteiger partial charge in [0.05, 0.1) is 48.9 Å². The Morgan fingerprint density at radius 3 is 2.24 bits per heavy atom. The van der Waals surface area contributed by atoms with Gasteiger partial charge in [0, 0.05) is 12.6 Å². The molecule has 0 bridgehead atoms. The molecule has 0 aliphatic heterocycles. The van der Waals surface area contributed by atoms with E-state index in [9.17, 15) is 20.2 Å². The molecule has 0 atom stereocenters. The fourth-order valence-corrected chi connectivity index (χ4v) is 1.76. The Morgan fingerprint density at radius 2 is 1.64 bits per heavy atom. The third kappa shape index (κ3) is 8.07. The van der Waals surface area contributed by atoms with Gasteiger partial charge in [-0.25, -0.2) is 0 Å². The van der Waals surface area contributed by atoms with Crippen LogP contribution < -0.4 is 5.32 Å². The van der Waals surface area contributed by atoms with E-state index in [-0.39, 0.29) is 23.7 Å². The second kappa shape index (κ2) is 11.7. The lowest BCUT2D eigenvalue weighted by atomic mass is 10.2. The predicted octanol–water partition coefficient (Wildman–Crippen LogP) is 1.60. The van der Waals surface area contributed by atoms with Crippen molar-refractivity contribution in [1.82, 2.24) is 0 Å². The average molecular weight is 353 g/mol. The number of nitrogens with zero attached hydrogens (tertiary/aromatic N) is 2. The lowest BCUT2D eigenvalue weighted by Gasteiger charge is -2.08. The van der Waals surface area contributed by atoms with Crippen molar-refractivity contribution in [3.63, 3.8) is 0 Å². The Bertz CT molecular complexity index is 616. The van der Waals surface area contributed by atoms with E-state index < -0.39 is 9.85 Å². The summed E-state index contributed by atoms with van der Waals surface area (Å²) in [5.74, 6) is 2.34. The summed E-state index contributed by atoms with van der Waals surface area (Å²) in [5, 5.41) is 24.4. The van der Waals surface area contributed by atoms with Crippen LogP contribution in [0.1, 0.15) is 0 Å². The van der Waals surface area contributed by atoms with E-state index in [1.165, 1.54) is 12.1 Å². The summed E-state index contributed by atoms with van der Waals surface area (Å²) in [6, 6.07) is 3.42. The second-order valence-corrected chi connectivity index (χ2v) is 4.62. The highest BCUT2D eigenvalue weighted by atomic mass is 16.6. The highest BCUT2D eigenvalue weighted by molar-refractivity contribution is 5.65. The van der Waals surface area contributed by atoms with Crippen molar-refractivity contribution in [2.24, 2.45) is 0 Å². The molecular weight excluding hydrogens is 334 g/mol. The highest BCUT2D eigenvalue weighted by Gasteiger charge is 2.18. The minimum absolute atomic E-state index is 0.195. The smallest absolute Gasteiger partial charge is 0.299 e. The van der Waals surface area contributed by atoms with E-state index in [2.05, 4.69) is 11.2 Å². The van der Waals surface area contributed by atoms with Gasteiger partial charge in [0.25, 0.3) is 11.4 Å². The van der Waals surface area contributed by atoms with Gasteiger partial charge in [-0.15, -0.1) is 6.42 Å². The number of hydrogen-bond acceptors (Lipinski definition) is 8. The molecule has 0 heterocycles. The molecule has 0 aliphatic rings. The minimum atomic E-state index is -0.683. The number of nitro groups is 2. The van der Waals surface area contributed by atoms with E-state index in [1.54, 1.807) is 0 Å². The van der Waals surface area contributed by atoms with Crippen molar-refractivity contribution in [1.29, 1.82) is 0 Å². The van der Waals surface area contributed by atoms with E-state index in [0.717, 1.165) is 6.07 Å². The predicted molar refractivity (Wildman–Crippen MR) is 89.5 cm³/mol. The third-order valence-electron chi connectivity index (χ3n) is 2.88. The molecule has 10 heteroatoms. The van der Waals surface area contributed by atoms with Gasteiger partial charge < -0.3 is 19.5 Å². The normalized spacial score (nSPS) is 10.2. The minimum Gasteiger partial charge on any atom is -0.377 e. The van der Waals surface area contributed by atoms with Crippen LogP contribution in [0.2, 0.25) is 0 Å². The largest absolute Gasteiger partial charge is 0.377 e. The third-order valence-corrected chi connectivity index (χ3v) is 2.88. The first-order valence-corrected chi connectivity index (χ1v) is 7.39. The number of ether oxygens (including phenoxy) is 3. The second-order valence-electron chi connectivity index (χ2n) is 4.62. The summed E-state index contributed by atoms with van der Waals surface area (Å²) in [5.41, 5.74) is -0.498. The van der Waals surface area contributed by atoms with Gasteiger partial charge >= 0.3 is 0 Å². The lowest BCUT2D eigenvalue weighted by molar-refractivity contribution is -0.393. The monoisotopic (exact) mass is 353 g/mol. The van der Waals surface area contributed by atoms with Crippen LogP contribution in [0.15, 0.2) is 18.2 Å². The van der Waals surface area contributed by atoms with Crippen molar-refractivity contribution in [3.05, 3.63) is 38.4 Å². The molecule has 0 unspecified atom stereocenters. The van der Waals surface area contributed by atoms with E-state index in [4.69, 9.17) is 20.6 Å². The number of hydrogen-bond donors (Lipinski definition) is 1. The van der Waals surface area contributed by atoms with Crippen molar-refractivity contribution < 1.29 is 24.1 Å². The van der Waals surface area contributed by atoms with Crippen LogP contribution in [0.3, 0.4) is 0 Å². The standard InChI is InChI=1S/C15H19N3O7/c1-2-6-23-8-10-25-11-9-24-7-5-16-14-4-3-13(17(19)20)12-15(14)18(21)22/h1,3-4,12,16H,5-11H2. The molecule has 0 spiro atoms. The van der Waals surface area contributed by atoms with Crippen LogP contribution >= 0.6 is 0 Å². The van der Waals surface area contributed by atoms with Crippen molar-refractivity contribution in [2.45, 2.75) is 0 Å². The molecule has 1 rings (SSSR count). The molecule has 1 aromatic carbocycles. The van der Waals surface area contributed by atoms with E-state index in [1.807, 2.05) is 0 Å². The molecule has 136 valence electrons. The highest BCUT2D eigenvalue weighted by Crippen LogP contribution is 2.28. The molecule has 1 aromatic rings. The van der Waals surface area contributed by atoms with Gasteiger partial charge in [-0.05, 0) is 6.07 Å². The van der Waals surface area contributed by atoms with Crippen molar-refractivity contribution in [3.8, 4) is 12.3 Å². The summed E-state index contributed by atoms with van der Waals surface area (Å²) >= 11 is 0. The van der Waals surface area contributed by atoms with Gasteiger partial charge in [0.15, 0.2) is 0 Å². The molecule has 0 aromatic heterocycles. The van der Waals surface area contributed by atoms with Gasteiger partial charge in [0.2, 0.25) is 0 Å². The molecule has 0 amide bonds. The Balaban J connectivity index is 2.23. The number of nitrogens with one attached hydrogen (secondary N) is 1. The maximum atomic E-state index is 11.0. The molecule has 25 heavy (non-hydrogen) atoms. The summed E-state index contributed by atoms with van der Waals surface area (Å²) in [4.78, 5) is 20.3. The van der Waals surface area contributed by atoms with Crippen LogP contribution in [0.5, 0.6) is 0 Å². The Labute approximate surface area is 144 Å². The Kier molecular flexibility index (Phi) is 9.54. The number of anilines is 1. The van der Waals surface area contributed by atoms with Crippen molar-refractivity contribution >= 4 is 17.1 Å². The number of nitro benzene ring substituents is 2. The summed E-state index contributed by atoms with van der Waals surface area (Å²) < 4.78 is 15.6. The van der Waals surface area contributed by atoms with Gasteiger partial charge in [-0.1, -0.05) is 5.92 Å². The molecule has 10 nitrogen and oxygen atoms in total. The summed E-state index contributed by atoms with van der Waals surface area (Å²) in [6.45, 7) is 2.43. The zero-order valence-electron chi connectivity index (χ0n) is 13.5. The van der Waals surface area contributed by atoms with Gasteiger partial charge in [0.1, 0.15) is 12.3 Å². The summed E-state index contributed by atoms with van der Waals surface area (Å²) in [7, 11) is 0. The molecule has 0 fully saturated rings. The van der Waals surface area contributed by atoms with Crippen LogP contribution in [0, 0.1) is 32.6 Å². The van der Waals surface area contributed by atoms with Gasteiger partial charge in [-0.3, -0.25) is 20.2 Å². The molecule has 0 aliphatic carbocycles. The van der Waals surface area contributed by atoms with Crippen LogP contribution in [0.4, 0.5) is 17.1 Å². The number of terminal acetylenes is 1. The maximum Gasteiger partial charge on any atom is 0.299 e. The first kappa shape index (κ1) is 20.3. The Morgan fingerprint density at radius 1 is 1.00 bits per heavy atom. The first-order chi connectivity index (χ1) is 12.1. The lowest BCUT2D eigenvalue weighted by Crippen LogP contribution is -2.14. The topological polar surface area (TPSA) is 126 Å². The van der Waals surface area contributed by atoms with E-state index >= 15 is 0 Å². The SMILES string of the molecule is C#CCOCCOCCOCCNc1ccc([N+](=O)[O-])cc1[N+](=O)[O-]. The fourth-order valence-electron chi connectivity index (χ4n) is 1.76. The van der Waals surface area contributed by atoms with Crippen LogP contribution in [0.25, 0.3) is 0 Å². The van der Waals surface area contributed by atoms with E-state index in [0.29, 0.717) is 39.6 Å². The zero-order valence-corrected chi connectivity index (χ0v) is 13.5. The zero-order chi connectivity index (χ0) is 18.5.